The number of rotatable bonds is 7. The summed E-state index contributed by atoms with van der Waals surface area (Å²) in [7, 11) is 5.46. The second-order valence-corrected chi connectivity index (χ2v) is 5.72. The molecule has 1 aromatic carbocycles. The quantitative estimate of drug-likeness (QED) is 0.842. The fourth-order valence-corrected chi connectivity index (χ4v) is 2.13. The van der Waals surface area contributed by atoms with Gasteiger partial charge >= 0.3 is 0 Å². The average Bonchev–Trinajstić information content (AvgIpc) is 2.96. The molecule has 0 radical (unpaired) electrons. The van der Waals surface area contributed by atoms with E-state index < -0.39 is 0 Å². The van der Waals surface area contributed by atoms with Crippen molar-refractivity contribution in [3.8, 4) is 5.75 Å². The Balaban J connectivity index is 1.82. The van der Waals surface area contributed by atoms with Gasteiger partial charge in [-0.3, -0.25) is 4.79 Å². The Morgan fingerprint density at radius 1 is 1.35 bits per heavy atom. The van der Waals surface area contributed by atoms with Gasteiger partial charge in [0, 0.05) is 40.1 Å². The SMILES string of the molecule is C[C@H](NCc1ccc(OCc2nccn2C)cc1)C(=O)N(C)C. The molecule has 1 amide bonds. The molecule has 1 heterocycles. The molecule has 0 fully saturated rings. The van der Waals surface area contributed by atoms with Gasteiger partial charge in [0.15, 0.2) is 0 Å². The molecule has 23 heavy (non-hydrogen) atoms. The van der Waals surface area contributed by atoms with E-state index in [1.165, 1.54) is 0 Å². The molecule has 0 bridgehead atoms. The van der Waals surface area contributed by atoms with Crippen LogP contribution in [0.15, 0.2) is 36.7 Å². The van der Waals surface area contributed by atoms with Crippen LogP contribution < -0.4 is 10.1 Å². The lowest BCUT2D eigenvalue weighted by Crippen LogP contribution is -2.41. The Morgan fingerprint density at radius 2 is 2.04 bits per heavy atom. The summed E-state index contributed by atoms with van der Waals surface area (Å²) in [4.78, 5) is 17.6. The molecule has 0 aliphatic rings. The van der Waals surface area contributed by atoms with E-state index in [1.807, 2.05) is 49.0 Å². The van der Waals surface area contributed by atoms with E-state index >= 15 is 0 Å². The van der Waals surface area contributed by atoms with E-state index in [1.54, 1.807) is 25.2 Å². The van der Waals surface area contributed by atoms with Crippen molar-refractivity contribution in [1.29, 1.82) is 0 Å². The molecule has 6 nitrogen and oxygen atoms in total. The third-order valence-electron chi connectivity index (χ3n) is 3.64. The molecular weight excluding hydrogens is 292 g/mol. The summed E-state index contributed by atoms with van der Waals surface area (Å²) >= 11 is 0. The number of hydrogen-bond donors (Lipinski definition) is 1. The van der Waals surface area contributed by atoms with Gasteiger partial charge in [0.2, 0.25) is 5.91 Å². The van der Waals surface area contributed by atoms with Crippen LogP contribution in [-0.4, -0.2) is 40.5 Å². The molecule has 2 rings (SSSR count). The fraction of sp³-hybridized carbons (Fsp3) is 0.412. The van der Waals surface area contributed by atoms with Gasteiger partial charge in [-0.2, -0.15) is 0 Å². The molecule has 0 aliphatic heterocycles. The predicted molar refractivity (Wildman–Crippen MR) is 89.0 cm³/mol. The maximum atomic E-state index is 11.8. The summed E-state index contributed by atoms with van der Waals surface area (Å²) in [6.07, 6.45) is 3.65. The largest absolute Gasteiger partial charge is 0.486 e. The van der Waals surface area contributed by atoms with Crippen LogP contribution in [0.5, 0.6) is 5.75 Å². The summed E-state index contributed by atoms with van der Waals surface area (Å²) in [5, 5.41) is 3.22. The van der Waals surface area contributed by atoms with Crippen LogP contribution in [-0.2, 0) is 25.0 Å². The average molecular weight is 316 g/mol. The standard InChI is InChI=1S/C17H24N4O2/c1-13(17(22)20(2)3)19-11-14-5-7-15(8-6-14)23-12-16-18-9-10-21(16)4/h5-10,13,19H,11-12H2,1-4H3/t13-/m0/s1. The number of benzene rings is 1. The van der Waals surface area contributed by atoms with Crippen molar-refractivity contribution in [2.24, 2.45) is 7.05 Å². The van der Waals surface area contributed by atoms with Crippen LogP contribution >= 0.6 is 0 Å². The van der Waals surface area contributed by atoms with Gasteiger partial charge in [0.1, 0.15) is 18.2 Å². The Labute approximate surface area is 137 Å². The zero-order valence-electron chi connectivity index (χ0n) is 14.1. The zero-order valence-corrected chi connectivity index (χ0v) is 14.1. The molecule has 1 atom stereocenters. The van der Waals surface area contributed by atoms with E-state index in [0.717, 1.165) is 17.1 Å². The molecule has 1 N–H and O–H groups in total. The monoisotopic (exact) mass is 316 g/mol. The molecule has 0 saturated carbocycles. The molecule has 124 valence electrons. The highest BCUT2D eigenvalue weighted by Gasteiger charge is 2.13. The van der Waals surface area contributed by atoms with Gasteiger partial charge in [-0.25, -0.2) is 4.98 Å². The zero-order chi connectivity index (χ0) is 16.8. The molecule has 0 spiro atoms. The second kappa shape index (κ2) is 7.78. The number of ether oxygens (including phenoxy) is 1. The molecule has 6 heteroatoms. The van der Waals surface area contributed by atoms with Gasteiger partial charge in [0.05, 0.1) is 6.04 Å². The predicted octanol–water partition coefficient (Wildman–Crippen LogP) is 1.57. The highest BCUT2D eigenvalue weighted by molar-refractivity contribution is 5.80. The molecule has 0 aliphatic carbocycles. The number of carbonyl (C=O) groups is 1. The smallest absolute Gasteiger partial charge is 0.238 e. The lowest BCUT2D eigenvalue weighted by atomic mass is 10.2. The molecular formula is C17H24N4O2. The second-order valence-electron chi connectivity index (χ2n) is 5.72. The van der Waals surface area contributed by atoms with Crippen molar-refractivity contribution in [2.75, 3.05) is 14.1 Å². The van der Waals surface area contributed by atoms with Crippen LogP contribution in [0.4, 0.5) is 0 Å². The van der Waals surface area contributed by atoms with Crippen molar-refractivity contribution in [2.45, 2.75) is 26.1 Å². The Kier molecular flexibility index (Phi) is 5.76. The molecule has 0 unspecified atom stereocenters. The van der Waals surface area contributed by atoms with Crippen molar-refractivity contribution in [1.82, 2.24) is 19.8 Å². The number of carbonyl (C=O) groups excluding carboxylic acids is 1. The number of likely N-dealkylation sites (N-methyl/N-ethyl adjacent to an activating group) is 1. The first-order valence-electron chi connectivity index (χ1n) is 7.60. The number of aryl methyl sites for hydroxylation is 1. The summed E-state index contributed by atoms with van der Waals surface area (Å²) in [5.74, 6) is 1.75. The third kappa shape index (κ3) is 4.82. The first kappa shape index (κ1) is 17.0. The van der Waals surface area contributed by atoms with Crippen LogP contribution in [0.3, 0.4) is 0 Å². The van der Waals surface area contributed by atoms with Crippen LogP contribution in [0.1, 0.15) is 18.3 Å². The molecule has 1 aromatic heterocycles. The van der Waals surface area contributed by atoms with E-state index in [2.05, 4.69) is 10.3 Å². The van der Waals surface area contributed by atoms with E-state index in [9.17, 15) is 4.79 Å². The normalized spacial score (nSPS) is 12.0. The minimum atomic E-state index is -0.204. The fourth-order valence-electron chi connectivity index (χ4n) is 2.13. The van der Waals surface area contributed by atoms with E-state index in [-0.39, 0.29) is 11.9 Å². The molecule has 0 saturated heterocycles. The number of aromatic nitrogens is 2. The topological polar surface area (TPSA) is 59.4 Å². The number of amides is 1. The highest BCUT2D eigenvalue weighted by atomic mass is 16.5. The van der Waals surface area contributed by atoms with Gasteiger partial charge < -0.3 is 19.5 Å². The lowest BCUT2D eigenvalue weighted by Gasteiger charge is -2.18. The van der Waals surface area contributed by atoms with Gasteiger partial charge in [-0.15, -0.1) is 0 Å². The van der Waals surface area contributed by atoms with Gasteiger partial charge in [0.25, 0.3) is 0 Å². The summed E-state index contributed by atoms with van der Waals surface area (Å²) in [6.45, 7) is 2.95. The number of nitrogens with one attached hydrogen (secondary N) is 1. The number of hydrogen-bond acceptors (Lipinski definition) is 4. The number of imidazole rings is 1. The van der Waals surface area contributed by atoms with Crippen molar-refractivity contribution < 1.29 is 9.53 Å². The number of nitrogens with zero attached hydrogens (tertiary/aromatic N) is 3. The van der Waals surface area contributed by atoms with Gasteiger partial charge in [-0.1, -0.05) is 12.1 Å². The highest BCUT2D eigenvalue weighted by Crippen LogP contribution is 2.14. The van der Waals surface area contributed by atoms with E-state index in [4.69, 9.17) is 4.74 Å². The minimum absolute atomic E-state index is 0.0695. The third-order valence-corrected chi connectivity index (χ3v) is 3.64. The first-order valence-corrected chi connectivity index (χ1v) is 7.60. The first-order chi connectivity index (χ1) is 11.0. The maximum absolute atomic E-state index is 11.8. The summed E-state index contributed by atoms with van der Waals surface area (Å²) in [6, 6.07) is 7.64. The van der Waals surface area contributed by atoms with E-state index in [0.29, 0.717) is 13.2 Å². The lowest BCUT2D eigenvalue weighted by molar-refractivity contribution is -0.130. The minimum Gasteiger partial charge on any atom is -0.486 e. The molecule has 2 aromatic rings. The van der Waals surface area contributed by atoms with Crippen molar-refractivity contribution in [3.63, 3.8) is 0 Å². The van der Waals surface area contributed by atoms with Crippen LogP contribution in [0.25, 0.3) is 0 Å². The Hall–Kier alpha value is -2.34. The van der Waals surface area contributed by atoms with Crippen LogP contribution in [0.2, 0.25) is 0 Å². The van der Waals surface area contributed by atoms with Crippen molar-refractivity contribution >= 4 is 5.91 Å². The summed E-state index contributed by atoms with van der Waals surface area (Å²) < 4.78 is 7.65. The van der Waals surface area contributed by atoms with Crippen molar-refractivity contribution in [3.05, 3.63) is 48.0 Å². The van der Waals surface area contributed by atoms with Gasteiger partial charge in [-0.05, 0) is 24.6 Å². The van der Waals surface area contributed by atoms with Crippen LogP contribution in [0, 0.1) is 0 Å². The maximum Gasteiger partial charge on any atom is 0.238 e. The Morgan fingerprint density at radius 3 is 2.61 bits per heavy atom. The Bertz CT molecular complexity index is 634. The summed E-state index contributed by atoms with van der Waals surface area (Å²) in [5.41, 5.74) is 1.10.